The molecule has 10 nitrogen and oxygen atoms in total. The van der Waals surface area contributed by atoms with Crippen molar-refractivity contribution < 1.29 is 36.7 Å². The van der Waals surface area contributed by atoms with Crippen LogP contribution in [-0.4, -0.2) is 71.2 Å². The molecule has 0 bridgehead atoms. The number of anilines is 1. The van der Waals surface area contributed by atoms with Crippen LogP contribution in [0.15, 0.2) is 22.6 Å². The molecule has 1 aromatic heterocycles. The third-order valence-corrected chi connectivity index (χ3v) is 6.91. The predicted octanol–water partition coefficient (Wildman–Crippen LogP) is 5.01. The summed E-state index contributed by atoms with van der Waals surface area (Å²) < 4.78 is 55.3. The van der Waals surface area contributed by atoms with E-state index in [1.54, 1.807) is 32.9 Å². The molecule has 2 saturated heterocycles. The zero-order chi connectivity index (χ0) is 28.5. The largest absolute Gasteiger partial charge is 0.484 e. The number of carbonyl (C=O) groups is 2. The van der Waals surface area contributed by atoms with Crippen molar-refractivity contribution in [2.45, 2.75) is 57.5 Å². The molecule has 39 heavy (non-hydrogen) atoms. The van der Waals surface area contributed by atoms with Crippen molar-refractivity contribution in [2.24, 2.45) is 5.92 Å². The van der Waals surface area contributed by atoms with Gasteiger partial charge in [-0.05, 0) is 45.7 Å². The Morgan fingerprint density at radius 1 is 1.10 bits per heavy atom. The monoisotopic (exact) mass is 593 g/mol. The normalized spacial score (nSPS) is 20.4. The van der Waals surface area contributed by atoms with Gasteiger partial charge in [-0.2, -0.15) is 13.2 Å². The summed E-state index contributed by atoms with van der Waals surface area (Å²) in [6.07, 6.45) is -4.15. The number of aromatic nitrogens is 2. The third kappa shape index (κ3) is 7.38. The zero-order valence-electron chi connectivity index (χ0n) is 21.4. The van der Waals surface area contributed by atoms with E-state index < -0.39 is 41.8 Å². The van der Waals surface area contributed by atoms with Gasteiger partial charge < -0.3 is 24.1 Å². The van der Waals surface area contributed by atoms with Gasteiger partial charge in [0.25, 0.3) is 5.91 Å². The van der Waals surface area contributed by atoms with E-state index in [2.05, 4.69) is 15.5 Å². The molecule has 0 radical (unpaired) electrons. The minimum atomic E-state index is -4.29. The first-order valence-electron chi connectivity index (χ1n) is 12.2. The number of piperidine rings is 1. The first-order chi connectivity index (χ1) is 18.2. The van der Waals surface area contributed by atoms with Crippen LogP contribution in [0.5, 0.6) is 5.75 Å². The Morgan fingerprint density at radius 2 is 1.82 bits per heavy atom. The van der Waals surface area contributed by atoms with Crippen molar-refractivity contribution in [2.75, 3.05) is 31.1 Å². The molecule has 0 saturated carbocycles. The standard InChI is InChI=1S/C24H28Cl2F3N5O5/c1-23(2,3)39-22(36)34-11-14(30-19(35)12-37-15-5-6-16(25)17(26)8-15)4-7-18(34)20-31-32-21(38-20)33-9-13(10-33)24(27,28)29/h5-6,8,13-14,18H,4,7,9-12H2,1-3H3,(H,30,35)/t14-,18+/m0/s1. The van der Waals surface area contributed by atoms with Gasteiger partial charge in [0.1, 0.15) is 17.4 Å². The van der Waals surface area contributed by atoms with Gasteiger partial charge in [0.05, 0.1) is 16.0 Å². The van der Waals surface area contributed by atoms with Crippen molar-refractivity contribution in [3.8, 4) is 5.75 Å². The van der Waals surface area contributed by atoms with E-state index in [1.807, 2.05) is 0 Å². The third-order valence-electron chi connectivity index (χ3n) is 6.17. The molecule has 214 valence electrons. The number of nitrogens with zero attached hydrogens (tertiary/aromatic N) is 4. The molecular formula is C24H28Cl2F3N5O5. The first kappa shape index (κ1) is 29.1. The first-order valence-corrected chi connectivity index (χ1v) is 13.0. The van der Waals surface area contributed by atoms with Crippen molar-refractivity contribution in [3.05, 3.63) is 34.1 Å². The summed E-state index contributed by atoms with van der Waals surface area (Å²) >= 11 is 11.9. The lowest BCUT2D eigenvalue weighted by Gasteiger charge is -2.39. The highest BCUT2D eigenvalue weighted by atomic mass is 35.5. The quantitative estimate of drug-likeness (QED) is 0.497. The average molecular weight is 594 g/mol. The van der Waals surface area contributed by atoms with Gasteiger partial charge in [-0.25, -0.2) is 4.79 Å². The Bertz CT molecular complexity index is 1200. The summed E-state index contributed by atoms with van der Waals surface area (Å²) in [4.78, 5) is 28.3. The molecule has 2 aliphatic rings. The van der Waals surface area contributed by atoms with E-state index in [4.69, 9.17) is 37.1 Å². The van der Waals surface area contributed by atoms with Crippen LogP contribution in [0.25, 0.3) is 0 Å². The van der Waals surface area contributed by atoms with Crippen molar-refractivity contribution >= 4 is 41.2 Å². The number of alkyl halides is 3. The summed E-state index contributed by atoms with van der Waals surface area (Å²) in [6.45, 7) is 4.40. The van der Waals surface area contributed by atoms with Gasteiger partial charge in [-0.15, -0.1) is 5.10 Å². The van der Waals surface area contributed by atoms with Crippen LogP contribution in [0.1, 0.15) is 45.5 Å². The maximum absolute atomic E-state index is 13.1. The molecule has 0 aliphatic carbocycles. The molecule has 2 aromatic rings. The van der Waals surface area contributed by atoms with E-state index >= 15 is 0 Å². The number of ether oxygens (including phenoxy) is 2. The highest BCUT2D eigenvalue weighted by Crippen LogP contribution is 2.38. The fourth-order valence-corrected chi connectivity index (χ4v) is 4.47. The van der Waals surface area contributed by atoms with Gasteiger partial charge in [0, 0.05) is 31.7 Å². The number of nitrogens with one attached hydrogen (secondary N) is 1. The van der Waals surface area contributed by atoms with E-state index in [1.165, 1.54) is 15.9 Å². The van der Waals surface area contributed by atoms with Crippen LogP contribution in [0.2, 0.25) is 10.0 Å². The van der Waals surface area contributed by atoms with Crippen LogP contribution in [0.3, 0.4) is 0 Å². The second-order valence-corrected chi connectivity index (χ2v) is 11.2. The number of likely N-dealkylation sites (tertiary alicyclic amines) is 1. The molecule has 0 unspecified atom stereocenters. The number of hydrogen-bond acceptors (Lipinski definition) is 8. The Hall–Kier alpha value is -2.93. The van der Waals surface area contributed by atoms with Gasteiger partial charge in [-0.3, -0.25) is 9.69 Å². The van der Waals surface area contributed by atoms with Crippen molar-refractivity contribution in [1.29, 1.82) is 0 Å². The lowest BCUT2D eigenvalue weighted by Crippen LogP contribution is -2.53. The van der Waals surface area contributed by atoms with E-state index in [0.29, 0.717) is 28.6 Å². The maximum Gasteiger partial charge on any atom is 0.411 e. The fourth-order valence-electron chi connectivity index (χ4n) is 4.18. The van der Waals surface area contributed by atoms with Crippen LogP contribution in [0.4, 0.5) is 24.0 Å². The van der Waals surface area contributed by atoms with E-state index in [-0.39, 0.29) is 38.1 Å². The summed E-state index contributed by atoms with van der Waals surface area (Å²) in [5.74, 6) is -1.41. The molecular weight excluding hydrogens is 566 g/mol. The number of halogens is 5. The van der Waals surface area contributed by atoms with Crippen LogP contribution >= 0.6 is 23.2 Å². The maximum atomic E-state index is 13.1. The van der Waals surface area contributed by atoms with E-state index in [0.717, 1.165) is 0 Å². The Labute approximate surface area is 232 Å². The minimum absolute atomic E-state index is 0.0375. The van der Waals surface area contributed by atoms with Crippen LogP contribution in [0, 0.1) is 5.92 Å². The lowest BCUT2D eigenvalue weighted by atomic mass is 9.98. The van der Waals surface area contributed by atoms with Gasteiger partial charge in [0.15, 0.2) is 6.61 Å². The second kappa shape index (κ2) is 11.3. The number of rotatable bonds is 6. The predicted molar refractivity (Wildman–Crippen MR) is 135 cm³/mol. The molecule has 2 atom stereocenters. The fraction of sp³-hybridized carbons (Fsp3) is 0.583. The number of amides is 2. The van der Waals surface area contributed by atoms with E-state index in [9.17, 15) is 22.8 Å². The molecule has 2 fully saturated rings. The molecule has 1 N–H and O–H groups in total. The van der Waals surface area contributed by atoms with Crippen molar-refractivity contribution in [3.63, 3.8) is 0 Å². The molecule has 1 aromatic carbocycles. The highest BCUT2D eigenvalue weighted by molar-refractivity contribution is 6.42. The Morgan fingerprint density at radius 3 is 2.46 bits per heavy atom. The molecule has 0 spiro atoms. The molecule has 3 heterocycles. The highest BCUT2D eigenvalue weighted by Gasteiger charge is 2.49. The SMILES string of the molecule is CC(C)(C)OC(=O)N1C[C@@H](NC(=O)COc2ccc(Cl)c(Cl)c2)CC[C@@H]1c1nnc(N2CC(C(F)(F)F)C2)o1. The molecule has 2 amide bonds. The lowest BCUT2D eigenvalue weighted by molar-refractivity contribution is -0.180. The number of benzene rings is 1. The summed E-state index contributed by atoms with van der Waals surface area (Å²) in [6, 6.07) is 3.49. The number of carbonyl (C=O) groups excluding carboxylic acids is 2. The zero-order valence-corrected chi connectivity index (χ0v) is 22.9. The second-order valence-electron chi connectivity index (χ2n) is 10.4. The van der Waals surface area contributed by atoms with Crippen LogP contribution in [-0.2, 0) is 9.53 Å². The van der Waals surface area contributed by atoms with Gasteiger partial charge in [-0.1, -0.05) is 28.3 Å². The smallest absolute Gasteiger partial charge is 0.411 e. The minimum Gasteiger partial charge on any atom is -0.484 e. The summed E-state index contributed by atoms with van der Waals surface area (Å²) in [5.41, 5.74) is -0.796. The Kier molecular flexibility index (Phi) is 8.41. The van der Waals surface area contributed by atoms with Gasteiger partial charge in [0.2, 0.25) is 5.89 Å². The summed E-state index contributed by atoms with van der Waals surface area (Å²) in [7, 11) is 0. The molecule has 4 rings (SSSR count). The molecule has 15 heteroatoms. The summed E-state index contributed by atoms with van der Waals surface area (Å²) in [5, 5.41) is 11.4. The average Bonchev–Trinajstić information content (AvgIpc) is 3.26. The number of hydrogen-bond donors (Lipinski definition) is 1. The topological polar surface area (TPSA) is 110 Å². The Balaban J connectivity index is 1.40. The van der Waals surface area contributed by atoms with Gasteiger partial charge >= 0.3 is 18.3 Å². The molecule has 2 aliphatic heterocycles. The van der Waals surface area contributed by atoms with Crippen molar-refractivity contribution in [1.82, 2.24) is 20.4 Å². The van der Waals surface area contributed by atoms with Crippen LogP contribution < -0.4 is 15.0 Å².